The molecule has 2 rings (SSSR count). The van der Waals surface area contributed by atoms with Crippen molar-refractivity contribution in [3.05, 3.63) is 11.7 Å². The minimum absolute atomic E-state index is 0.214. The van der Waals surface area contributed by atoms with Crippen LogP contribution in [0.25, 0.3) is 0 Å². The lowest BCUT2D eigenvalue weighted by atomic mass is 10.1. The summed E-state index contributed by atoms with van der Waals surface area (Å²) in [6.07, 6.45) is 0.486. The standard InChI is InChI=1S/C11H18N4O3/c1-3-9-13-8(14-18-9)6-15-4-5-17-7(2)10(15)11(12)16/h7,10H,3-6H2,1-2H3,(H2,12,16)/t7-,10+/m1/s1. The molecule has 2 atom stereocenters. The van der Waals surface area contributed by atoms with Gasteiger partial charge in [-0.2, -0.15) is 4.98 Å². The highest BCUT2D eigenvalue weighted by Gasteiger charge is 2.34. The van der Waals surface area contributed by atoms with E-state index in [2.05, 4.69) is 10.1 Å². The van der Waals surface area contributed by atoms with Crippen LogP contribution in [0.15, 0.2) is 4.52 Å². The second-order valence-electron chi connectivity index (χ2n) is 4.35. The van der Waals surface area contributed by atoms with E-state index in [4.69, 9.17) is 15.0 Å². The number of hydrogen-bond acceptors (Lipinski definition) is 6. The summed E-state index contributed by atoms with van der Waals surface area (Å²) in [5, 5.41) is 3.88. The van der Waals surface area contributed by atoms with Crippen molar-refractivity contribution < 1.29 is 14.1 Å². The van der Waals surface area contributed by atoms with Crippen LogP contribution in [0.4, 0.5) is 0 Å². The molecule has 0 saturated carbocycles. The number of primary amides is 1. The molecule has 100 valence electrons. The maximum atomic E-state index is 11.5. The topological polar surface area (TPSA) is 94.5 Å². The maximum absolute atomic E-state index is 11.5. The molecule has 1 aliphatic rings. The van der Waals surface area contributed by atoms with Gasteiger partial charge in [0, 0.05) is 13.0 Å². The van der Waals surface area contributed by atoms with Crippen molar-refractivity contribution in [2.45, 2.75) is 39.0 Å². The summed E-state index contributed by atoms with van der Waals surface area (Å²) >= 11 is 0. The maximum Gasteiger partial charge on any atom is 0.237 e. The van der Waals surface area contributed by atoms with Gasteiger partial charge in [0.1, 0.15) is 6.04 Å². The number of amides is 1. The zero-order chi connectivity index (χ0) is 13.1. The highest BCUT2D eigenvalue weighted by Crippen LogP contribution is 2.16. The van der Waals surface area contributed by atoms with Gasteiger partial charge in [0.25, 0.3) is 0 Å². The third-order valence-electron chi connectivity index (χ3n) is 3.05. The molecule has 0 aliphatic carbocycles. The number of carbonyl (C=O) groups is 1. The summed E-state index contributed by atoms with van der Waals surface area (Å²) < 4.78 is 10.5. The quantitative estimate of drug-likeness (QED) is 0.793. The van der Waals surface area contributed by atoms with E-state index in [1.165, 1.54) is 0 Å². The molecular weight excluding hydrogens is 236 g/mol. The van der Waals surface area contributed by atoms with E-state index in [0.29, 0.717) is 37.8 Å². The van der Waals surface area contributed by atoms with Crippen LogP contribution in [0.1, 0.15) is 25.6 Å². The molecule has 2 heterocycles. The SMILES string of the molecule is CCc1nc(CN2CCO[C@H](C)[C@H]2C(N)=O)no1. The molecule has 0 radical (unpaired) electrons. The normalized spacial score (nSPS) is 25.2. The van der Waals surface area contributed by atoms with Crippen LogP contribution in [-0.2, 0) is 22.5 Å². The predicted molar refractivity (Wildman–Crippen MR) is 62.5 cm³/mol. The van der Waals surface area contributed by atoms with E-state index < -0.39 is 6.04 Å². The van der Waals surface area contributed by atoms with Crippen molar-refractivity contribution in [3.63, 3.8) is 0 Å². The molecule has 1 aliphatic heterocycles. The van der Waals surface area contributed by atoms with Crippen LogP contribution < -0.4 is 5.73 Å². The second-order valence-corrected chi connectivity index (χ2v) is 4.35. The number of aryl methyl sites for hydroxylation is 1. The Morgan fingerprint density at radius 1 is 1.61 bits per heavy atom. The first-order chi connectivity index (χ1) is 8.61. The first-order valence-corrected chi connectivity index (χ1v) is 6.08. The number of rotatable bonds is 4. The van der Waals surface area contributed by atoms with Crippen LogP contribution >= 0.6 is 0 Å². The van der Waals surface area contributed by atoms with Crippen molar-refractivity contribution in [2.24, 2.45) is 5.73 Å². The molecule has 0 aromatic carbocycles. The molecule has 0 bridgehead atoms. The number of nitrogens with zero attached hydrogens (tertiary/aromatic N) is 3. The van der Waals surface area contributed by atoms with Gasteiger partial charge in [-0.05, 0) is 6.92 Å². The van der Waals surface area contributed by atoms with Gasteiger partial charge in [-0.3, -0.25) is 9.69 Å². The number of aromatic nitrogens is 2. The Bertz CT molecular complexity index is 420. The molecule has 0 unspecified atom stereocenters. The molecule has 1 aromatic heterocycles. The second kappa shape index (κ2) is 5.45. The Hall–Kier alpha value is -1.47. The summed E-state index contributed by atoms with van der Waals surface area (Å²) in [6, 6.07) is -0.442. The number of nitrogens with two attached hydrogens (primary N) is 1. The van der Waals surface area contributed by atoms with E-state index in [0.717, 1.165) is 0 Å². The molecule has 18 heavy (non-hydrogen) atoms. The molecule has 7 nitrogen and oxygen atoms in total. The Balaban J connectivity index is 2.08. The molecule has 7 heteroatoms. The fraction of sp³-hybridized carbons (Fsp3) is 0.727. The highest BCUT2D eigenvalue weighted by molar-refractivity contribution is 5.80. The Labute approximate surface area is 105 Å². The monoisotopic (exact) mass is 254 g/mol. The zero-order valence-electron chi connectivity index (χ0n) is 10.6. The van der Waals surface area contributed by atoms with Crippen molar-refractivity contribution in [1.29, 1.82) is 0 Å². The summed E-state index contributed by atoms with van der Waals surface area (Å²) in [7, 11) is 0. The third kappa shape index (κ3) is 2.68. The summed E-state index contributed by atoms with van der Waals surface area (Å²) in [5.41, 5.74) is 5.41. The van der Waals surface area contributed by atoms with E-state index in [9.17, 15) is 4.79 Å². The molecule has 1 saturated heterocycles. The van der Waals surface area contributed by atoms with E-state index >= 15 is 0 Å². The Kier molecular flexibility index (Phi) is 3.93. The van der Waals surface area contributed by atoms with Crippen LogP contribution in [0.5, 0.6) is 0 Å². The van der Waals surface area contributed by atoms with Crippen LogP contribution in [-0.4, -0.2) is 46.2 Å². The van der Waals surface area contributed by atoms with Gasteiger partial charge in [-0.15, -0.1) is 0 Å². The molecule has 1 fully saturated rings. The first-order valence-electron chi connectivity index (χ1n) is 6.08. The lowest BCUT2D eigenvalue weighted by Gasteiger charge is -2.37. The van der Waals surface area contributed by atoms with Crippen molar-refractivity contribution >= 4 is 5.91 Å². The predicted octanol–water partition coefficient (Wildman–Crippen LogP) is -0.293. The average Bonchev–Trinajstić information content (AvgIpc) is 2.76. The van der Waals surface area contributed by atoms with Crippen molar-refractivity contribution in [3.8, 4) is 0 Å². The lowest BCUT2D eigenvalue weighted by Crippen LogP contribution is -2.56. The molecule has 0 spiro atoms. The summed E-state index contributed by atoms with van der Waals surface area (Å²) in [5.74, 6) is 0.788. The highest BCUT2D eigenvalue weighted by atomic mass is 16.5. The van der Waals surface area contributed by atoms with Crippen LogP contribution in [0.2, 0.25) is 0 Å². The number of morpholine rings is 1. The zero-order valence-corrected chi connectivity index (χ0v) is 10.6. The summed E-state index contributed by atoms with van der Waals surface area (Å²) in [6.45, 7) is 5.44. The molecule has 2 N–H and O–H groups in total. The summed E-state index contributed by atoms with van der Waals surface area (Å²) in [4.78, 5) is 17.6. The van der Waals surface area contributed by atoms with Gasteiger partial charge in [0.2, 0.25) is 11.8 Å². The van der Waals surface area contributed by atoms with Gasteiger partial charge < -0.3 is 15.0 Å². The fourth-order valence-electron chi connectivity index (χ4n) is 2.15. The largest absolute Gasteiger partial charge is 0.375 e. The van der Waals surface area contributed by atoms with Crippen LogP contribution in [0, 0.1) is 0 Å². The van der Waals surface area contributed by atoms with Gasteiger partial charge >= 0.3 is 0 Å². The Morgan fingerprint density at radius 3 is 3.00 bits per heavy atom. The molecule has 1 aromatic rings. The van der Waals surface area contributed by atoms with Gasteiger partial charge in [-0.25, -0.2) is 0 Å². The fourth-order valence-corrected chi connectivity index (χ4v) is 2.15. The average molecular weight is 254 g/mol. The van der Waals surface area contributed by atoms with Gasteiger partial charge in [0.15, 0.2) is 5.82 Å². The Morgan fingerprint density at radius 2 is 2.39 bits per heavy atom. The van der Waals surface area contributed by atoms with Crippen molar-refractivity contribution in [1.82, 2.24) is 15.0 Å². The van der Waals surface area contributed by atoms with Crippen molar-refractivity contribution in [2.75, 3.05) is 13.2 Å². The van der Waals surface area contributed by atoms with Gasteiger partial charge in [-0.1, -0.05) is 12.1 Å². The third-order valence-corrected chi connectivity index (χ3v) is 3.05. The van der Waals surface area contributed by atoms with E-state index in [1.807, 2.05) is 18.7 Å². The number of carbonyl (C=O) groups excluding carboxylic acids is 1. The minimum atomic E-state index is -0.442. The number of ether oxygens (including phenoxy) is 1. The molecule has 1 amide bonds. The van der Waals surface area contributed by atoms with Crippen LogP contribution in [0.3, 0.4) is 0 Å². The lowest BCUT2D eigenvalue weighted by molar-refractivity contribution is -0.136. The molecular formula is C11H18N4O3. The van der Waals surface area contributed by atoms with E-state index in [1.54, 1.807) is 0 Å². The van der Waals surface area contributed by atoms with Gasteiger partial charge in [0.05, 0.1) is 19.3 Å². The first kappa shape index (κ1) is 13.0. The van der Waals surface area contributed by atoms with E-state index in [-0.39, 0.29) is 12.0 Å². The minimum Gasteiger partial charge on any atom is -0.375 e. The number of hydrogen-bond donors (Lipinski definition) is 1. The smallest absolute Gasteiger partial charge is 0.237 e.